The van der Waals surface area contributed by atoms with Crippen LogP contribution in [0.4, 0.5) is 11.4 Å². The highest BCUT2D eigenvalue weighted by Crippen LogP contribution is 2.28. The maximum atomic E-state index is 12.0. The summed E-state index contributed by atoms with van der Waals surface area (Å²) in [5.41, 5.74) is 0.242. The van der Waals surface area contributed by atoms with Crippen molar-refractivity contribution in [1.29, 1.82) is 0 Å². The monoisotopic (exact) mass is 447 g/mol. The number of carbonyl (C=O) groups is 1. The summed E-state index contributed by atoms with van der Waals surface area (Å²) in [6.07, 6.45) is 3.73. The predicted octanol–water partition coefficient (Wildman–Crippen LogP) is 2.98. The molecule has 0 bridgehead atoms. The standard InChI is InChI=1S/C19H17N3O8S/c1-29-17-6-3-13(11-15(17)21(24)25)5-8-19(23)20-31(28)10-9-14-4-7-18(30-2)16(12-14)22(26)27/h3-12H,1-2H3,(H,20,23)/b8-5-,10-9+. The van der Waals surface area contributed by atoms with Gasteiger partial charge >= 0.3 is 11.4 Å². The highest BCUT2D eigenvalue weighted by Gasteiger charge is 2.15. The fourth-order valence-electron chi connectivity index (χ4n) is 2.39. The lowest BCUT2D eigenvalue weighted by atomic mass is 10.1. The van der Waals surface area contributed by atoms with Crippen molar-refractivity contribution < 1.29 is 28.3 Å². The Morgan fingerprint density at radius 3 is 1.87 bits per heavy atom. The Hall–Kier alpha value is -4.06. The number of methoxy groups -OCH3 is 2. The van der Waals surface area contributed by atoms with Gasteiger partial charge in [0.25, 0.3) is 5.91 Å². The normalized spacial score (nSPS) is 11.9. The number of nitrogens with one attached hydrogen (secondary N) is 1. The molecule has 2 aromatic rings. The molecule has 1 amide bonds. The number of nitro groups is 2. The van der Waals surface area contributed by atoms with Gasteiger partial charge in [0.2, 0.25) is 0 Å². The molecule has 162 valence electrons. The largest absolute Gasteiger partial charge is 0.490 e. The van der Waals surface area contributed by atoms with Crippen LogP contribution >= 0.6 is 0 Å². The van der Waals surface area contributed by atoms with Crippen LogP contribution < -0.4 is 14.2 Å². The van der Waals surface area contributed by atoms with Gasteiger partial charge in [-0.05, 0) is 35.4 Å². The molecule has 0 saturated heterocycles. The number of ether oxygens (including phenoxy) is 2. The molecular weight excluding hydrogens is 430 g/mol. The van der Waals surface area contributed by atoms with E-state index in [4.69, 9.17) is 9.47 Å². The number of benzene rings is 2. The summed E-state index contributed by atoms with van der Waals surface area (Å²) in [7, 11) is 0.699. The molecule has 2 aromatic carbocycles. The van der Waals surface area contributed by atoms with E-state index in [-0.39, 0.29) is 22.9 Å². The highest BCUT2D eigenvalue weighted by molar-refractivity contribution is 7.86. The molecule has 0 aliphatic carbocycles. The van der Waals surface area contributed by atoms with Crippen molar-refractivity contribution in [2.75, 3.05) is 14.2 Å². The van der Waals surface area contributed by atoms with Gasteiger partial charge in [-0.25, -0.2) is 4.21 Å². The van der Waals surface area contributed by atoms with E-state index in [1.807, 2.05) is 0 Å². The summed E-state index contributed by atoms with van der Waals surface area (Å²) >= 11 is 0. The molecule has 0 aliphatic rings. The fourth-order valence-corrected chi connectivity index (χ4v) is 3.00. The molecule has 0 aromatic heterocycles. The van der Waals surface area contributed by atoms with Gasteiger partial charge in [-0.3, -0.25) is 29.7 Å². The molecule has 2 rings (SSSR count). The van der Waals surface area contributed by atoms with Crippen molar-refractivity contribution in [3.63, 3.8) is 0 Å². The second-order valence-corrected chi connectivity index (χ2v) is 6.85. The van der Waals surface area contributed by atoms with Crippen LogP contribution in [0.15, 0.2) is 47.9 Å². The minimum absolute atomic E-state index is 0.0802. The fraction of sp³-hybridized carbons (Fsp3) is 0.105. The Morgan fingerprint density at radius 1 is 0.935 bits per heavy atom. The molecule has 12 heteroatoms. The van der Waals surface area contributed by atoms with Crippen LogP contribution in [0.5, 0.6) is 11.5 Å². The summed E-state index contributed by atoms with van der Waals surface area (Å²) < 4.78 is 24.0. The van der Waals surface area contributed by atoms with Crippen molar-refractivity contribution in [2.24, 2.45) is 0 Å². The van der Waals surface area contributed by atoms with Gasteiger partial charge in [0.1, 0.15) is 11.0 Å². The summed E-state index contributed by atoms with van der Waals surface area (Å²) in [4.78, 5) is 32.8. The molecular formula is C19H17N3O8S. The number of hydrogen-bond acceptors (Lipinski definition) is 8. The summed E-state index contributed by atoms with van der Waals surface area (Å²) in [5.74, 6) is -0.542. The Kier molecular flexibility index (Phi) is 7.97. The first-order valence-electron chi connectivity index (χ1n) is 8.47. The van der Waals surface area contributed by atoms with Crippen LogP contribution in [0.3, 0.4) is 0 Å². The van der Waals surface area contributed by atoms with E-state index >= 15 is 0 Å². The molecule has 0 aliphatic heterocycles. The lowest BCUT2D eigenvalue weighted by Gasteiger charge is -2.02. The summed E-state index contributed by atoms with van der Waals surface area (Å²) in [6.45, 7) is 0. The van der Waals surface area contributed by atoms with Crippen molar-refractivity contribution in [1.82, 2.24) is 4.72 Å². The number of rotatable bonds is 9. The molecule has 1 unspecified atom stereocenters. The molecule has 31 heavy (non-hydrogen) atoms. The van der Waals surface area contributed by atoms with Gasteiger partial charge in [-0.15, -0.1) is 0 Å². The van der Waals surface area contributed by atoms with Crippen LogP contribution in [0.1, 0.15) is 11.1 Å². The zero-order chi connectivity index (χ0) is 23.0. The highest BCUT2D eigenvalue weighted by atomic mass is 32.2. The first-order chi connectivity index (χ1) is 14.7. The second kappa shape index (κ2) is 10.6. The Labute approximate surface area is 178 Å². The minimum atomic E-state index is -1.91. The molecule has 11 nitrogen and oxygen atoms in total. The number of nitrogens with zero attached hydrogens (tertiary/aromatic N) is 2. The first-order valence-corrected chi connectivity index (χ1v) is 9.68. The van der Waals surface area contributed by atoms with Gasteiger partial charge in [0, 0.05) is 23.6 Å². The van der Waals surface area contributed by atoms with Crippen molar-refractivity contribution >= 4 is 40.4 Å². The lowest BCUT2D eigenvalue weighted by Crippen LogP contribution is -2.21. The number of amides is 1. The van der Waals surface area contributed by atoms with E-state index < -0.39 is 26.7 Å². The van der Waals surface area contributed by atoms with Crippen LogP contribution in [-0.2, 0) is 15.8 Å². The predicted molar refractivity (Wildman–Crippen MR) is 114 cm³/mol. The molecule has 0 spiro atoms. The summed E-state index contributed by atoms with van der Waals surface area (Å²) in [6, 6.07) is 8.31. The zero-order valence-corrected chi connectivity index (χ0v) is 17.2. The van der Waals surface area contributed by atoms with Crippen LogP contribution in [0.2, 0.25) is 0 Å². The van der Waals surface area contributed by atoms with E-state index in [1.54, 1.807) is 0 Å². The average Bonchev–Trinajstić information content (AvgIpc) is 2.75. The van der Waals surface area contributed by atoms with Gasteiger partial charge in [0.15, 0.2) is 11.5 Å². The van der Waals surface area contributed by atoms with E-state index in [2.05, 4.69) is 4.72 Å². The topological polar surface area (TPSA) is 151 Å². The number of hydrogen-bond donors (Lipinski definition) is 1. The van der Waals surface area contributed by atoms with Crippen LogP contribution in [0.25, 0.3) is 12.2 Å². The first kappa shape index (κ1) is 23.2. The minimum Gasteiger partial charge on any atom is -0.490 e. The third kappa shape index (κ3) is 6.47. The van der Waals surface area contributed by atoms with E-state index in [0.717, 1.165) is 11.5 Å². The maximum absolute atomic E-state index is 12.0. The third-order valence-electron chi connectivity index (χ3n) is 3.81. The Morgan fingerprint density at radius 2 is 1.42 bits per heavy atom. The van der Waals surface area contributed by atoms with Crippen LogP contribution in [-0.4, -0.2) is 34.2 Å². The summed E-state index contributed by atoms with van der Waals surface area (Å²) in [5, 5.41) is 23.2. The SMILES string of the molecule is COc1ccc(/C=C\C(=O)NS(=O)/C=C/c2ccc(OC)c([N+](=O)[O-])c2)cc1[N+](=O)[O-]. The molecule has 0 radical (unpaired) electrons. The zero-order valence-electron chi connectivity index (χ0n) is 16.3. The second-order valence-electron chi connectivity index (χ2n) is 5.78. The molecule has 1 atom stereocenters. The molecule has 0 saturated carbocycles. The third-order valence-corrected chi connectivity index (χ3v) is 4.60. The molecule has 0 fully saturated rings. The van der Waals surface area contributed by atoms with E-state index in [9.17, 15) is 29.2 Å². The van der Waals surface area contributed by atoms with Gasteiger partial charge < -0.3 is 9.47 Å². The van der Waals surface area contributed by atoms with Gasteiger partial charge in [-0.2, -0.15) is 0 Å². The van der Waals surface area contributed by atoms with E-state index in [1.165, 1.54) is 62.8 Å². The van der Waals surface area contributed by atoms with Crippen molar-refractivity contribution in [3.8, 4) is 11.5 Å². The Bertz CT molecular complexity index is 1010. The smallest absolute Gasteiger partial charge is 0.311 e. The maximum Gasteiger partial charge on any atom is 0.311 e. The Balaban J connectivity index is 2.04. The average molecular weight is 447 g/mol. The van der Waals surface area contributed by atoms with E-state index in [0.29, 0.717) is 11.1 Å². The quantitative estimate of drug-likeness (QED) is 0.350. The van der Waals surface area contributed by atoms with Crippen LogP contribution in [0, 0.1) is 20.2 Å². The van der Waals surface area contributed by atoms with Crippen molar-refractivity contribution in [2.45, 2.75) is 0 Å². The number of nitro benzene ring substituents is 2. The van der Waals surface area contributed by atoms with Gasteiger partial charge in [0.05, 0.1) is 24.1 Å². The molecule has 0 heterocycles. The molecule has 1 N–H and O–H groups in total. The van der Waals surface area contributed by atoms with Crippen molar-refractivity contribution in [3.05, 3.63) is 79.2 Å². The number of carbonyl (C=O) groups excluding carboxylic acids is 1. The lowest BCUT2D eigenvalue weighted by molar-refractivity contribution is -0.385. The van der Waals surface area contributed by atoms with Gasteiger partial charge in [-0.1, -0.05) is 12.1 Å².